The van der Waals surface area contributed by atoms with Gasteiger partial charge >= 0.3 is 0 Å². The molecule has 1 aliphatic heterocycles. The molecule has 7 nitrogen and oxygen atoms in total. The number of oxazole rings is 1. The van der Waals surface area contributed by atoms with Crippen molar-refractivity contribution in [3.8, 4) is 11.5 Å². The highest BCUT2D eigenvalue weighted by atomic mass is 32.2. The van der Waals surface area contributed by atoms with Crippen LogP contribution in [0.2, 0.25) is 0 Å². The summed E-state index contributed by atoms with van der Waals surface area (Å²) in [5, 5.41) is 2.99. The van der Waals surface area contributed by atoms with Crippen molar-refractivity contribution in [1.82, 2.24) is 15.2 Å². The zero-order valence-corrected chi connectivity index (χ0v) is 21.2. The second kappa shape index (κ2) is 14.7. The molecule has 1 amide bonds. The summed E-state index contributed by atoms with van der Waals surface area (Å²) in [6.07, 6.45) is 4.83. The number of benzene rings is 2. The van der Waals surface area contributed by atoms with Gasteiger partial charge in [-0.3, -0.25) is 9.69 Å². The third-order valence-corrected chi connectivity index (χ3v) is 6.94. The summed E-state index contributed by atoms with van der Waals surface area (Å²) in [5.74, 6) is 2.61. The van der Waals surface area contributed by atoms with Gasteiger partial charge in [0.05, 0.1) is 11.4 Å². The van der Waals surface area contributed by atoms with Crippen LogP contribution in [0.25, 0.3) is 11.5 Å². The number of carbonyl (C=O) groups excluding carboxylic acids is 1. The van der Waals surface area contributed by atoms with Gasteiger partial charge in [-0.1, -0.05) is 48.9 Å². The molecule has 4 rings (SSSR count). The minimum absolute atomic E-state index is 0. The number of rotatable bonds is 10. The zero-order chi connectivity index (χ0) is 22.9. The first-order valence-corrected chi connectivity index (χ1v) is 13.0. The van der Waals surface area contributed by atoms with E-state index in [9.17, 15) is 4.79 Å². The molecule has 1 aliphatic rings. The van der Waals surface area contributed by atoms with E-state index < -0.39 is 0 Å². The van der Waals surface area contributed by atoms with Gasteiger partial charge in [0.2, 0.25) is 11.8 Å². The maximum absolute atomic E-state index is 12.1. The number of nitrogens with one attached hydrogen (secondary N) is 1. The summed E-state index contributed by atoms with van der Waals surface area (Å²) < 4.78 is 5.93. The molecule has 0 bridgehead atoms. The Hall–Kier alpha value is -2.65. The van der Waals surface area contributed by atoms with Crippen LogP contribution >= 0.6 is 11.8 Å². The van der Waals surface area contributed by atoms with Crippen molar-refractivity contribution in [2.45, 2.75) is 44.9 Å². The van der Waals surface area contributed by atoms with E-state index in [4.69, 9.17) is 9.40 Å². The fourth-order valence-electron chi connectivity index (χ4n) is 4.10. The van der Waals surface area contributed by atoms with Crippen LogP contribution in [0, 0.1) is 6.92 Å². The lowest BCUT2D eigenvalue weighted by atomic mass is 10.1. The summed E-state index contributed by atoms with van der Waals surface area (Å²) in [5.41, 5.74) is 4.47. The highest BCUT2D eigenvalue weighted by Crippen LogP contribution is 2.25. The van der Waals surface area contributed by atoms with E-state index in [1.54, 1.807) is 11.8 Å². The Bertz CT molecular complexity index is 1030. The average molecular weight is 502 g/mol. The minimum Gasteiger partial charge on any atom is -0.441 e. The molecule has 1 saturated heterocycles. The first-order chi connectivity index (χ1) is 16.2. The summed E-state index contributed by atoms with van der Waals surface area (Å²) in [6, 6.07) is 18.7. The van der Waals surface area contributed by atoms with Crippen molar-refractivity contribution >= 4 is 17.7 Å². The molecule has 5 N–H and O–H groups in total. The van der Waals surface area contributed by atoms with Crippen LogP contribution in [-0.4, -0.2) is 52.1 Å². The van der Waals surface area contributed by atoms with E-state index in [1.165, 1.54) is 43.5 Å². The van der Waals surface area contributed by atoms with E-state index in [2.05, 4.69) is 46.6 Å². The molecular formula is C27H39N3O4S. The van der Waals surface area contributed by atoms with Gasteiger partial charge in [0.1, 0.15) is 5.76 Å². The zero-order valence-electron chi connectivity index (χ0n) is 20.4. The molecule has 35 heavy (non-hydrogen) atoms. The Morgan fingerprint density at radius 1 is 1.03 bits per heavy atom. The molecule has 192 valence electrons. The number of thioether (sulfide) groups is 1. The van der Waals surface area contributed by atoms with Gasteiger partial charge in [-0.15, -0.1) is 11.8 Å². The number of piperidine rings is 1. The van der Waals surface area contributed by atoms with Crippen LogP contribution in [-0.2, 0) is 23.5 Å². The summed E-state index contributed by atoms with van der Waals surface area (Å²) in [7, 11) is 0. The lowest BCUT2D eigenvalue weighted by Gasteiger charge is -2.26. The predicted molar refractivity (Wildman–Crippen MR) is 144 cm³/mol. The van der Waals surface area contributed by atoms with Crippen LogP contribution in [0.5, 0.6) is 0 Å². The minimum atomic E-state index is 0. The fraction of sp³-hybridized carbons (Fsp3) is 0.407. The van der Waals surface area contributed by atoms with Crippen LogP contribution in [0.1, 0.15) is 43.3 Å². The van der Waals surface area contributed by atoms with Crippen molar-refractivity contribution in [3.05, 3.63) is 77.2 Å². The maximum atomic E-state index is 12.1. The van der Waals surface area contributed by atoms with Crippen LogP contribution in [0.3, 0.4) is 0 Å². The Morgan fingerprint density at radius 3 is 2.46 bits per heavy atom. The second-order valence-electron chi connectivity index (χ2n) is 8.63. The fourth-order valence-corrected chi connectivity index (χ4v) is 4.95. The third-order valence-electron chi connectivity index (χ3n) is 6.00. The van der Waals surface area contributed by atoms with Gasteiger partial charge in [-0.2, -0.15) is 0 Å². The van der Waals surface area contributed by atoms with Crippen molar-refractivity contribution in [2.75, 3.05) is 25.4 Å². The lowest BCUT2D eigenvalue weighted by Crippen LogP contribution is -2.28. The summed E-state index contributed by atoms with van der Waals surface area (Å²) >= 11 is 1.57. The molecule has 2 heterocycles. The highest BCUT2D eigenvalue weighted by molar-refractivity contribution is 7.99. The molecule has 0 saturated carbocycles. The van der Waals surface area contributed by atoms with Crippen molar-refractivity contribution < 1.29 is 21.6 Å². The Kier molecular flexibility index (Phi) is 12.0. The monoisotopic (exact) mass is 501 g/mol. The van der Waals surface area contributed by atoms with E-state index in [1.807, 2.05) is 25.1 Å². The number of hydrogen-bond acceptors (Lipinski definition) is 5. The van der Waals surface area contributed by atoms with Crippen molar-refractivity contribution in [1.29, 1.82) is 0 Å². The topological polar surface area (TPSA) is 121 Å². The molecule has 1 fully saturated rings. The van der Waals surface area contributed by atoms with Gasteiger partial charge < -0.3 is 20.7 Å². The highest BCUT2D eigenvalue weighted by Gasteiger charge is 2.14. The number of amides is 1. The number of nitrogens with zero attached hydrogens (tertiary/aromatic N) is 2. The molecule has 8 heteroatoms. The number of aryl methyl sites for hydroxylation is 1. The molecule has 0 aliphatic carbocycles. The summed E-state index contributed by atoms with van der Waals surface area (Å²) in [4.78, 5) is 19.4. The smallest absolute Gasteiger partial charge is 0.230 e. The Labute approximate surface area is 213 Å². The molecule has 0 spiro atoms. The standard InChI is InChI=1S/C27H33N3O2S.2H2O.H2/c1-21-25(19-33-20-26(31)28-15-14-22-8-4-2-5-9-22)29-27(32-21)24-12-10-23(11-13-24)18-30-16-6-3-7-17-30;;;/h2,4-5,8-13H,3,6-7,14-20H2,1H3,(H,28,31);2*1H2;1H. The van der Waals surface area contributed by atoms with Gasteiger partial charge in [-0.05, 0) is 62.5 Å². The van der Waals surface area contributed by atoms with Gasteiger partial charge in [0, 0.05) is 25.8 Å². The molecule has 0 atom stereocenters. The van der Waals surface area contributed by atoms with E-state index in [0.717, 1.165) is 30.0 Å². The van der Waals surface area contributed by atoms with E-state index in [-0.39, 0.29) is 18.3 Å². The second-order valence-corrected chi connectivity index (χ2v) is 9.62. The van der Waals surface area contributed by atoms with Crippen molar-refractivity contribution in [2.24, 2.45) is 0 Å². The Morgan fingerprint density at radius 2 is 1.74 bits per heavy atom. The number of likely N-dealkylation sites (tertiary alicyclic amines) is 1. The number of hydrogen-bond donors (Lipinski definition) is 1. The SMILES string of the molecule is Cc1oc(-c2ccc(CN3CCCCC3)cc2)nc1CSCC(=O)NCCc1ccccc1.O.O.[HH]. The van der Waals surface area contributed by atoms with E-state index in [0.29, 0.717) is 23.9 Å². The van der Waals surface area contributed by atoms with Crippen molar-refractivity contribution in [3.63, 3.8) is 0 Å². The van der Waals surface area contributed by atoms with Crippen LogP contribution in [0.4, 0.5) is 0 Å². The van der Waals surface area contributed by atoms with Crippen LogP contribution < -0.4 is 5.32 Å². The normalized spacial score (nSPS) is 13.5. The first kappa shape index (κ1) is 28.6. The van der Waals surface area contributed by atoms with Gasteiger partial charge in [0.25, 0.3) is 0 Å². The van der Waals surface area contributed by atoms with Crippen LogP contribution in [0.15, 0.2) is 59.0 Å². The molecule has 0 radical (unpaired) electrons. The molecule has 3 aromatic rings. The molecule has 2 aromatic carbocycles. The first-order valence-electron chi connectivity index (χ1n) is 11.8. The maximum Gasteiger partial charge on any atom is 0.230 e. The molecular weight excluding hydrogens is 462 g/mol. The largest absolute Gasteiger partial charge is 0.441 e. The molecule has 1 aromatic heterocycles. The third kappa shape index (κ3) is 8.81. The number of carbonyl (C=O) groups is 1. The quantitative estimate of drug-likeness (QED) is 0.452. The van der Waals surface area contributed by atoms with E-state index >= 15 is 0 Å². The molecule has 0 unspecified atom stereocenters. The average Bonchev–Trinajstić information content (AvgIpc) is 3.21. The summed E-state index contributed by atoms with van der Waals surface area (Å²) in [6.45, 7) is 6.01. The predicted octanol–water partition coefficient (Wildman–Crippen LogP) is 3.82. The van der Waals surface area contributed by atoms with Gasteiger partial charge in [0.15, 0.2) is 0 Å². The van der Waals surface area contributed by atoms with Gasteiger partial charge in [-0.25, -0.2) is 4.98 Å². The Balaban J connectivity index is 0.00000216. The lowest BCUT2D eigenvalue weighted by molar-refractivity contribution is -0.118. The number of aromatic nitrogens is 1.